The number of thiocarbonyl (C=S) groups is 1. The Morgan fingerprint density at radius 3 is 2.69 bits per heavy atom. The van der Waals surface area contributed by atoms with Crippen molar-refractivity contribution in [3.05, 3.63) is 65.1 Å². The number of carbonyl (C=O) groups is 2. The number of nitrogens with one attached hydrogen (secondary N) is 2. The van der Waals surface area contributed by atoms with E-state index in [1.54, 1.807) is 0 Å². The lowest BCUT2D eigenvalue weighted by Crippen LogP contribution is -2.40. The molecule has 2 amide bonds. The number of carbonyl (C=O) groups excluding carboxylic acids is 2. The number of H-pyrrole nitrogens is 1. The first kappa shape index (κ1) is 26.2. The number of thioether (sulfide) groups is 1. The highest BCUT2D eigenvalue weighted by molar-refractivity contribution is 8.23. The number of rotatable bonds is 7. The lowest BCUT2D eigenvalue weighted by atomic mass is 9.89. The van der Waals surface area contributed by atoms with Crippen LogP contribution in [0.3, 0.4) is 0 Å². The van der Waals surface area contributed by atoms with Gasteiger partial charge in [0.2, 0.25) is 5.91 Å². The second-order valence-electron chi connectivity index (χ2n) is 9.35. The van der Waals surface area contributed by atoms with Gasteiger partial charge < -0.3 is 20.1 Å². The summed E-state index contributed by atoms with van der Waals surface area (Å²) in [4.78, 5) is 37.6. The predicted octanol–water partition coefficient (Wildman–Crippen LogP) is 4.13. The number of likely N-dealkylation sites (tertiary alicyclic amines) is 1. The van der Waals surface area contributed by atoms with Crippen molar-refractivity contribution in [1.82, 2.24) is 25.1 Å². The summed E-state index contributed by atoms with van der Waals surface area (Å²) < 4.78 is 0.711. The Kier molecular flexibility index (Phi) is 8.64. The first-order valence-electron chi connectivity index (χ1n) is 12.3. The minimum atomic E-state index is -0.0931. The van der Waals surface area contributed by atoms with Gasteiger partial charge in [0, 0.05) is 62.4 Å². The summed E-state index contributed by atoms with van der Waals surface area (Å²) in [7, 11) is 3.77. The van der Waals surface area contributed by atoms with Crippen LogP contribution < -0.4 is 5.32 Å². The highest BCUT2D eigenvalue weighted by atomic mass is 32.2. The van der Waals surface area contributed by atoms with Crippen LogP contribution in [-0.4, -0.2) is 75.4 Å². The summed E-state index contributed by atoms with van der Waals surface area (Å²) in [5, 5.41) is 4.28. The lowest BCUT2D eigenvalue weighted by Gasteiger charge is -2.32. The monoisotopic (exact) mass is 523 g/mol. The van der Waals surface area contributed by atoms with E-state index in [-0.39, 0.29) is 17.7 Å². The van der Waals surface area contributed by atoms with Gasteiger partial charge in [0.1, 0.15) is 4.32 Å². The summed E-state index contributed by atoms with van der Waals surface area (Å²) in [5.74, 6) is 0.521. The third kappa shape index (κ3) is 6.25. The number of hydrogen-bond donors (Lipinski definition) is 2. The van der Waals surface area contributed by atoms with Crippen molar-refractivity contribution in [3.8, 4) is 0 Å². The van der Waals surface area contributed by atoms with Gasteiger partial charge in [-0.3, -0.25) is 14.6 Å². The van der Waals surface area contributed by atoms with Crippen LogP contribution in [0.1, 0.15) is 46.1 Å². The smallest absolute Gasteiger partial charge is 0.253 e. The zero-order valence-corrected chi connectivity index (χ0v) is 22.7. The molecule has 3 heterocycles. The summed E-state index contributed by atoms with van der Waals surface area (Å²) >= 11 is 6.67. The van der Waals surface area contributed by atoms with Crippen molar-refractivity contribution in [2.75, 3.05) is 39.5 Å². The highest BCUT2D eigenvalue weighted by Crippen LogP contribution is 2.30. The van der Waals surface area contributed by atoms with Gasteiger partial charge in [-0.1, -0.05) is 42.2 Å². The van der Waals surface area contributed by atoms with E-state index in [4.69, 9.17) is 17.2 Å². The number of amides is 2. The summed E-state index contributed by atoms with van der Waals surface area (Å²) in [6.07, 6.45) is 4.35. The molecular weight excluding hydrogens is 490 g/mol. The molecule has 1 aliphatic heterocycles. The third-order valence-electron chi connectivity index (χ3n) is 6.58. The number of aromatic nitrogens is 2. The van der Waals surface area contributed by atoms with E-state index in [0.717, 1.165) is 36.2 Å². The number of aryl methyl sites for hydroxylation is 1. The van der Waals surface area contributed by atoms with Gasteiger partial charge >= 0.3 is 0 Å². The number of para-hydroxylation sites is 1. The first-order chi connectivity index (χ1) is 17.3. The van der Waals surface area contributed by atoms with Crippen molar-refractivity contribution >= 4 is 51.0 Å². The molecule has 36 heavy (non-hydrogen) atoms. The molecule has 2 aromatic heterocycles. The Bertz CT molecular complexity index is 1250. The Balaban J connectivity index is 1.35. The predicted molar refractivity (Wildman–Crippen MR) is 151 cm³/mol. The van der Waals surface area contributed by atoms with Gasteiger partial charge in [0.25, 0.3) is 5.91 Å². The molecule has 1 aliphatic rings. The van der Waals surface area contributed by atoms with Gasteiger partial charge in [-0.25, -0.2) is 0 Å². The molecule has 7 nitrogen and oxygen atoms in total. The molecule has 0 atom stereocenters. The van der Waals surface area contributed by atoms with Crippen LogP contribution >= 0.6 is 24.0 Å². The zero-order chi connectivity index (χ0) is 25.7. The molecule has 2 N–H and O–H groups in total. The van der Waals surface area contributed by atoms with E-state index in [2.05, 4.69) is 22.4 Å². The van der Waals surface area contributed by atoms with Gasteiger partial charge in [-0.15, -0.1) is 0 Å². The Morgan fingerprint density at radius 2 is 1.94 bits per heavy atom. The second-order valence-corrected chi connectivity index (χ2v) is 11.0. The minimum Gasteiger partial charge on any atom is -0.364 e. The zero-order valence-electron chi connectivity index (χ0n) is 21.0. The average molecular weight is 524 g/mol. The highest BCUT2D eigenvalue weighted by Gasteiger charge is 2.28. The number of piperidine rings is 1. The number of benzene rings is 1. The van der Waals surface area contributed by atoms with E-state index in [9.17, 15) is 9.59 Å². The fraction of sp³-hybridized carbons (Fsp3) is 0.407. The van der Waals surface area contributed by atoms with Crippen LogP contribution in [0.5, 0.6) is 0 Å². The molecule has 0 unspecified atom stereocenters. The summed E-state index contributed by atoms with van der Waals surface area (Å²) in [6.45, 7) is 3.82. The van der Waals surface area contributed by atoms with Gasteiger partial charge in [-0.2, -0.15) is 0 Å². The Labute approximate surface area is 222 Å². The molecule has 1 saturated heterocycles. The fourth-order valence-electron chi connectivity index (χ4n) is 4.57. The number of aromatic amines is 1. The average Bonchev–Trinajstić information content (AvgIpc) is 3.30. The van der Waals surface area contributed by atoms with Crippen LogP contribution in [0.15, 0.2) is 42.6 Å². The molecule has 3 aromatic rings. The maximum Gasteiger partial charge on any atom is 0.253 e. The molecule has 0 aliphatic carbocycles. The van der Waals surface area contributed by atoms with Crippen LogP contribution in [0.25, 0.3) is 10.9 Å². The SMILES string of the molecule is Cc1ccc(C(=O)NCCc2c[nH]c3ccccc23)c(C2CCN(C(=O)CSC(=S)N(C)C)CC2)n1. The van der Waals surface area contributed by atoms with Crippen LogP contribution in [-0.2, 0) is 11.2 Å². The van der Waals surface area contributed by atoms with Crippen molar-refractivity contribution < 1.29 is 9.59 Å². The quantitative estimate of drug-likeness (QED) is 0.454. The second kappa shape index (κ2) is 11.9. The molecule has 1 fully saturated rings. The van der Waals surface area contributed by atoms with E-state index >= 15 is 0 Å². The normalized spacial score (nSPS) is 14.1. The number of fused-ring (bicyclic) bond motifs is 1. The first-order valence-corrected chi connectivity index (χ1v) is 13.7. The molecule has 0 bridgehead atoms. The van der Waals surface area contributed by atoms with Crippen LogP contribution in [0.2, 0.25) is 0 Å². The maximum atomic E-state index is 13.1. The molecule has 190 valence electrons. The van der Waals surface area contributed by atoms with Gasteiger partial charge in [-0.05, 0) is 49.9 Å². The third-order valence-corrected chi connectivity index (χ3v) is 8.30. The molecule has 9 heteroatoms. The largest absolute Gasteiger partial charge is 0.364 e. The summed E-state index contributed by atoms with van der Waals surface area (Å²) in [6, 6.07) is 12.0. The number of nitrogens with zero attached hydrogens (tertiary/aromatic N) is 3. The summed E-state index contributed by atoms with van der Waals surface area (Å²) in [5.41, 5.74) is 4.67. The van der Waals surface area contributed by atoms with Gasteiger partial charge in [0.05, 0.1) is 17.0 Å². The molecule has 0 spiro atoms. The topological polar surface area (TPSA) is 81.3 Å². The van der Waals surface area contributed by atoms with E-state index in [1.807, 2.05) is 61.3 Å². The Hall–Kier alpha value is -2.91. The standard InChI is InChI=1S/C27H33N5O2S2/c1-18-8-9-22(26(34)28-13-10-20-16-29-23-7-5-4-6-21(20)23)25(30-18)19-11-14-32(15-12-19)24(33)17-36-27(35)31(2)3/h4-9,16,19,29H,10-15,17H2,1-3H3,(H,28,34). The molecular formula is C27H33N5O2S2. The van der Waals surface area contributed by atoms with E-state index < -0.39 is 0 Å². The van der Waals surface area contributed by atoms with E-state index in [1.165, 1.54) is 22.7 Å². The Morgan fingerprint density at radius 1 is 1.19 bits per heavy atom. The fourth-order valence-corrected chi connectivity index (χ4v) is 5.44. The van der Waals surface area contributed by atoms with Crippen molar-refractivity contribution in [2.24, 2.45) is 0 Å². The maximum absolute atomic E-state index is 13.1. The van der Waals surface area contributed by atoms with Crippen LogP contribution in [0, 0.1) is 6.92 Å². The van der Waals surface area contributed by atoms with Crippen molar-refractivity contribution in [2.45, 2.75) is 32.1 Å². The number of pyridine rings is 1. The molecule has 4 rings (SSSR count). The van der Waals surface area contributed by atoms with Crippen molar-refractivity contribution in [1.29, 1.82) is 0 Å². The van der Waals surface area contributed by atoms with Gasteiger partial charge in [0.15, 0.2) is 0 Å². The molecule has 1 aromatic carbocycles. The van der Waals surface area contributed by atoms with Crippen LogP contribution in [0.4, 0.5) is 0 Å². The van der Waals surface area contributed by atoms with E-state index in [0.29, 0.717) is 35.3 Å². The minimum absolute atomic E-state index is 0.0931. The molecule has 0 saturated carbocycles. The number of hydrogen-bond acceptors (Lipinski definition) is 5. The lowest BCUT2D eigenvalue weighted by molar-refractivity contribution is -0.129. The van der Waals surface area contributed by atoms with Crippen molar-refractivity contribution in [3.63, 3.8) is 0 Å². The molecule has 0 radical (unpaired) electrons.